The SMILES string of the molecule is NC(COc1ccccc1O)Cc1ccco1. The second-order valence-corrected chi connectivity index (χ2v) is 3.82. The van der Waals surface area contributed by atoms with E-state index in [1.54, 1.807) is 30.5 Å². The van der Waals surface area contributed by atoms with Gasteiger partial charge in [0.1, 0.15) is 12.4 Å². The molecule has 17 heavy (non-hydrogen) atoms. The summed E-state index contributed by atoms with van der Waals surface area (Å²) in [4.78, 5) is 0. The van der Waals surface area contributed by atoms with E-state index < -0.39 is 0 Å². The van der Waals surface area contributed by atoms with Crippen LogP contribution in [-0.4, -0.2) is 17.8 Å². The Bertz CT molecular complexity index is 453. The summed E-state index contributed by atoms with van der Waals surface area (Å²) in [5.41, 5.74) is 5.90. The van der Waals surface area contributed by atoms with Crippen LogP contribution in [0.4, 0.5) is 0 Å². The number of benzene rings is 1. The van der Waals surface area contributed by atoms with Crippen LogP contribution in [0.15, 0.2) is 47.1 Å². The Morgan fingerprint density at radius 3 is 2.76 bits per heavy atom. The standard InChI is InChI=1S/C13H15NO3/c14-10(8-11-4-3-7-16-11)9-17-13-6-2-1-5-12(13)15/h1-7,10,15H,8-9,14H2. The number of para-hydroxylation sites is 2. The lowest BCUT2D eigenvalue weighted by Gasteiger charge is -2.12. The lowest BCUT2D eigenvalue weighted by atomic mass is 10.2. The summed E-state index contributed by atoms with van der Waals surface area (Å²) < 4.78 is 10.6. The van der Waals surface area contributed by atoms with Crippen molar-refractivity contribution in [1.82, 2.24) is 0 Å². The zero-order valence-electron chi connectivity index (χ0n) is 9.37. The lowest BCUT2D eigenvalue weighted by molar-refractivity contribution is 0.269. The number of ether oxygens (including phenoxy) is 1. The molecule has 4 nitrogen and oxygen atoms in total. The Morgan fingerprint density at radius 1 is 1.24 bits per heavy atom. The third kappa shape index (κ3) is 3.26. The Hall–Kier alpha value is -1.94. The normalized spacial score (nSPS) is 12.3. The summed E-state index contributed by atoms with van der Waals surface area (Å²) in [6.07, 6.45) is 2.23. The Balaban J connectivity index is 1.84. The van der Waals surface area contributed by atoms with Gasteiger partial charge in [-0.2, -0.15) is 0 Å². The Labute approximate surface area is 99.6 Å². The topological polar surface area (TPSA) is 68.6 Å². The minimum Gasteiger partial charge on any atom is -0.504 e. The van der Waals surface area contributed by atoms with Crippen molar-refractivity contribution in [3.63, 3.8) is 0 Å². The summed E-state index contributed by atoms with van der Waals surface area (Å²) in [7, 11) is 0. The van der Waals surface area contributed by atoms with E-state index in [1.165, 1.54) is 0 Å². The molecule has 0 spiro atoms. The molecule has 2 aromatic rings. The van der Waals surface area contributed by atoms with Crippen LogP contribution in [0.5, 0.6) is 11.5 Å². The second-order valence-electron chi connectivity index (χ2n) is 3.82. The first-order valence-corrected chi connectivity index (χ1v) is 5.44. The number of hydrogen-bond donors (Lipinski definition) is 2. The molecule has 0 bridgehead atoms. The number of phenols is 1. The first kappa shape index (κ1) is 11.5. The fourth-order valence-corrected chi connectivity index (χ4v) is 1.52. The number of rotatable bonds is 5. The fraction of sp³-hybridized carbons (Fsp3) is 0.231. The van der Waals surface area contributed by atoms with Gasteiger partial charge in [-0.3, -0.25) is 0 Å². The quantitative estimate of drug-likeness (QED) is 0.828. The first-order chi connectivity index (χ1) is 8.25. The summed E-state index contributed by atoms with van der Waals surface area (Å²) in [5, 5.41) is 9.50. The molecule has 0 saturated heterocycles. The van der Waals surface area contributed by atoms with E-state index >= 15 is 0 Å². The van der Waals surface area contributed by atoms with Gasteiger partial charge in [0.15, 0.2) is 11.5 Å². The van der Waals surface area contributed by atoms with Gasteiger partial charge in [0.05, 0.1) is 6.26 Å². The third-order valence-corrected chi connectivity index (χ3v) is 2.36. The molecule has 3 N–H and O–H groups in total. The van der Waals surface area contributed by atoms with Gasteiger partial charge in [-0.05, 0) is 24.3 Å². The molecule has 0 aliphatic carbocycles. The molecule has 0 radical (unpaired) electrons. The third-order valence-electron chi connectivity index (χ3n) is 2.36. The van der Waals surface area contributed by atoms with Crippen LogP contribution >= 0.6 is 0 Å². The maximum atomic E-state index is 9.50. The van der Waals surface area contributed by atoms with Crippen molar-refractivity contribution < 1.29 is 14.3 Å². The fourth-order valence-electron chi connectivity index (χ4n) is 1.52. The minimum atomic E-state index is -0.166. The van der Waals surface area contributed by atoms with Crippen LogP contribution in [0.25, 0.3) is 0 Å². The molecule has 1 unspecified atom stereocenters. The lowest BCUT2D eigenvalue weighted by Crippen LogP contribution is -2.30. The molecule has 1 heterocycles. The number of aromatic hydroxyl groups is 1. The van der Waals surface area contributed by atoms with Crippen molar-refractivity contribution in [2.75, 3.05) is 6.61 Å². The summed E-state index contributed by atoms with van der Waals surface area (Å²) in [5.74, 6) is 1.40. The van der Waals surface area contributed by atoms with Gasteiger partial charge in [-0.15, -0.1) is 0 Å². The maximum Gasteiger partial charge on any atom is 0.160 e. The van der Waals surface area contributed by atoms with Crippen molar-refractivity contribution in [1.29, 1.82) is 0 Å². The molecule has 90 valence electrons. The molecule has 2 rings (SSSR count). The highest BCUT2D eigenvalue weighted by Gasteiger charge is 2.08. The summed E-state index contributed by atoms with van der Waals surface area (Å²) in [6, 6.07) is 10.4. The van der Waals surface area contributed by atoms with Gasteiger partial charge in [-0.1, -0.05) is 12.1 Å². The van der Waals surface area contributed by atoms with Crippen LogP contribution < -0.4 is 10.5 Å². The minimum absolute atomic E-state index is 0.123. The molecule has 0 amide bonds. The molecule has 1 aromatic heterocycles. The van der Waals surface area contributed by atoms with Gasteiger partial charge in [0.2, 0.25) is 0 Å². The number of phenolic OH excluding ortho intramolecular Hbond substituents is 1. The molecular weight excluding hydrogens is 218 g/mol. The highest BCUT2D eigenvalue weighted by Crippen LogP contribution is 2.24. The predicted molar refractivity (Wildman–Crippen MR) is 64.0 cm³/mol. The van der Waals surface area contributed by atoms with Crippen molar-refractivity contribution in [2.24, 2.45) is 5.73 Å². The van der Waals surface area contributed by atoms with Crippen molar-refractivity contribution in [3.05, 3.63) is 48.4 Å². The van der Waals surface area contributed by atoms with E-state index in [0.29, 0.717) is 18.8 Å². The van der Waals surface area contributed by atoms with Gasteiger partial charge in [-0.25, -0.2) is 0 Å². The Morgan fingerprint density at radius 2 is 2.06 bits per heavy atom. The predicted octanol–water partition coefficient (Wildman–Crippen LogP) is 1.93. The van der Waals surface area contributed by atoms with E-state index in [4.69, 9.17) is 14.9 Å². The van der Waals surface area contributed by atoms with Gasteiger partial charge in [0.25, 0.3) is 0 Å². The zero-order valence-corrected chi connectivity index (χ0v) is 9.37. The zero-order chi connectivity index (χ0) is 12.1. The summed E-state index contributed by atoms with van der Waals surface area (Å²) in [6.45, 7) is 0.332. The molecule has 0 aliphatic rings. The first-order valence-electron chi connectivity index (χ1n) is 5.44. The highest BCUT2D eigenvalue weighted by molar-refractivity contribution is 5.37. The second kappa shape index (κ2) is 5.41. The van der Waals surface area contributed by atoms with Crippen molar-refractivity contribution in [3.8, 4) is 11.5 Å². The number of furan rings is 1. The van der Waals surface area contributed by atoms with Crippen LogP contribution in [-0.2, 0) is 6.42 Å². The van der Waals surface area contributed by atoms with Crippen LogP contribution in [0, 0.1) is 0 Å². The molecule has 0 saturated carbocycles. The van der Waals surface area contributed by atoms with Gasteiger partial charge in [0, 0.05) is 12.5 Å². The molecule has 0 fully saturated rings. The molecule has 1 aromatic carbocycles. The van der Waals surface area contributed by atoms with E-state index in [2.05, 4.69) is 0 Å². The Kier molecular flexibility index (Phi) is 3.67. The molecule has 0 aliphatic heterocycles. The molecular formula is C13H15NO3. The van der Waals surface area contributed by atoms with E-state index in [-0.39, 0.29) is 11.8 Å². The van der Waals surface area contributed by atoms with E-state index in [9.17, 15) is 5.11 Å². The summed E-state index contributed by atoms with van der Waals surface area (Å²) >= 11 is 0. The van der Waals surface area contributed by atoms with Gasteiger partial charge < -0.3 is 20.0 Å². The maximum absolute atomic E-state index is 9.50. The van der Waals surface area contributed by atoms with Crippen LogP contribution in [0.3, 0.4) is 0 Å². The monoisotopic (exact) mass is 233 g/mol. The highest BCUT2D eigenvalue weighted by atomic mass is 16.5. The molecule has 4 heteroatoms. The van der Waals surface area contributed by atoms with E-state index in [0.717, 1.165) is 5.76 Å². The van der Waals surface area contributed by atoms with Gasteiger partial charge >= 0.3 is 0 Å². The molecule has 1 atom stereocenters. The van der Waals surface area contributed by atoms with Crippen molar-refractivity contribution in [2.45, 2.75) is 12.5 Å². The average Bonchev–Trinajstić information content (AvgIpc) is 2.81. The van der Waals surface area contributed by atoms with Crippen LogP contribution in [0.1, 0.15) is 5.76 Å². The average molecular weight is 233 g/mol. The largest absolute Gasteiger partial charge is 0.504 e. The smallest absolute Gasteiger partial charge is 0.160 e. The van der Waals surface area contributed by atoms with E-state index in [1.807, 2.05) is 12.1 Å². The number of nitrogens with two attached hydrogens (primary N) is 1. The number of hydrogen-bond acceptors (Lipinski definition) is 4. The van der Waals surface area contributed by atoms with Crippen LogP contribution in [0.2, 0.25) is 0 Å². The van der Waals surface area contributed by atoms with Crippen molar-refractivity contribution >= 4 is 0 Å².